The fourth-order valence-electron chi connectivity index (χ4n) is 4.86. The largest absolute Gasteiger partial charge is 0.507 e. The first kappa shape index (κ1) is 19.4. The van der Waals surface area contributed by atoms with Crippen molar-refractivity contribution in [2.24, 2.45) is 5.92 Å². The van der Waals surface area contributed by atoms with Gasteiger partial charge in [-0.2, -0.15) is 0 Å². The number of nitrogens with zero attached hydrogens (tertiary/aromatic N) is 1. The Morgan fingerprint density at radius 2 is 1.96 bits per heavy atom. The van der Waals surface area contributed by atoms with Gasteiger partial charge in [0.2, 0.25) is 0 Å². The van der Waals surface area contributed by atoms with Crippen molar-refractivity contribution in [2.45, 2.75) is 76.8 Å². The quantitative estimate of drug-likeness (QED) is 0.712. The topological polar surface area (TPSA) is 68.2 Å². The van der Waals surface area contributed by atoms with Crippen LogP contribution in [-0.2, 0) is 9.47 Å². The molecule has 2 saturated heterocycles. The van der Waals surface area contributed by atoms with Crippen molar-refractivity contribution in [1.82, 2.24) is 4.90 Å². The molecule has 28 heavy (non-hydrogen) atoms. The molecule has 1 N–H and O–H groups in total. The zero-order chi connectivity index (χ0) is 20.1. The molecule has 6 nitrogen and oxygen atoms in total. The highest BCUT2D eigenvalue weighted by molar-refractivity contribution is 5.68. The number of ether oxygens (including phenoxy) is 3. The summed E-state index contributed by atoms with van der Waals surface area (Å²) >= 11 is 0. The predicted octanol–water partition coefficient (Wildman–Crippen LogP) is 4.41. The van der Waals surface area contributed by atoms with Crippen LogP contribution in [0.5, 0.6) is 11.5 Å². The molecule has 0 radical (unpaired) electrons. The first-order valence-corrected chi connectivity index (χ1v) is 10.3. The first-order chi connectivity index (χ1) is 13.2. The van der Waals surface area contributed by atoms with Crippen molar-refractivity contribution >= 4 is 6.09 Å². The molecule has 0 aliphatic carbocycles. The predicted molar refractivity (Wildman–Crippen MR) is 105 cm³/mol. The van der Waals surface area contributed by atoms with Crippen LogP contribution in [0.4, 0.5) is 4.79 Å². The molecule has 3 heterocycles. The summed E-state index contributed by atoms with van der Waals surface area (Å²) in [6.07, 6.45) is 3.17. The van der Waals surface area contributed by atoms with Crippen LogP contribution in [0.25, 0.3) is 0 Å². The van der Waals surface area contributed by atoms with Crippen LogP contribution >= 0.6 is 0 Å². The number of carbonyl (C=O) groups is 1. The van der Waals surface area contributed by atoms with E-state index in [1.54, 1.807) is 11.0 Å². The number of fused-ring (bicyclic) bond motifs is 4. The molecule has 6 heteroatoms. The van der Waals surface area contributed by atoms with Gasteiger partial charge in [0.25, 0.3) is 0 Å². The lowest BCUT2D eigenvalue weighted by Gasteiger charge is -2.54. The molecule has 1 spiro atoms. The standard InChI is InChI=1S/C22H31NO5/c1-14-8-9-15-19(26-14)18-16(24)6-5-7-17(18)27-22(15)10-12-23(13-11-22)20(25)28-21(2,3)4/h5-7,14-15,19,24H,8-13H2,1-4H3/t14-,15-,19-/m1/s1. The van der Waals surface area contributed by atoms with Gasteiger partial charge < -0.3 is 24.2 Å². The van der Waals surface area contributed by atoms with Crippen LogP contribution in [0.3, 0.4) is 0 Å². The van der Waals surface area contributed by atoms with E-state index in [0.29, 0.717) is 18.8 Å². The van der Waals surface area contributed by atoms with E-state index in [0.717, 1.165) is 31.2 Å². The highest BCUT2D eigenvalue weighted by Crippen LogP contribution is 2.55. The van der Waals surface area contributed by atoms with Gasteiger partial charge in [-0.15, -0.1) is 0 Å². The number of hydrogen-bond donors (Lipinski definition) is 1. The summed E-state index contributed by atoms with van der Waals surface area (Å²) < 4.78 is 18.4. The molecule has 3 atom stereocenters. The molecule has 4 rings (SSSR count). The van der Waals surface area contributed by atoms with Crippen LogP contribution < -0.4 is 4.74 Å². The number of phenolic OH excluding ortho intramolecular Hbond substituents is 1. The van der Waals surface area contributed by atoms with Crippen LogP contribution in [0.1, 0.15) is 65.0 Å². The first-order valence-electron chi connectivity index (χ1n) is 10.3. The maximum absolute atomic E-state index is 12.5. The summed E-state index contributed by atoms with van der Waals surface area (Å²) in [5.41, 5.74) is -0.0914. The minimum absolute atomic E-state index is 0.158. The van der Waals surface area contributed by atoms with E-state index in [9.17, 15) is 9.90 Å². The van der Waals surface area contributed by atoms with E-state index < -0.39 is 5.60 Å². The van der Waals surface area contributed by atoms with Gasteiger partial charge in [-0.05, 0) is 52.7 Å². The molecule has 3 aliphatic rings. The zero-order valence-electron chi connectivity index (χ0n) is 17.2. The van der Waals surface area contributed by atoms with E-state index in [1.165, 1.54) is 0 Å². The monoisotopic (exact) mass is 389 g/mol. The van der Waals surface area contributed by atoms with Gasteiger partial charge in [0.15, 0.2) is 0 Å². The van der Waals surface area contributed by atoms with Crippen molar-refractivity contribution in [3.8, 4) is 11.5 Å². The molecular formula is C22H31NO5. The number of phenols is 1. The second-order valence-electron chi connectivity index (χ2n) is 9.37. The maximum Gasteiger partial charge on any atom is 0.410 e. The van der Waals surface area contributed by atoms with Crippen LogP contribution in [0.15, 0.2) is 18.2 Å². The lowest BCUT2D eigenvalue weighted by atomic mass is 9.69. The van der Waals surface area contributed by atoms with Crippen LogP contribution in [-0.4, -0.2) is 46.5 Å². The van der Waals surface area contributed by atoms with Gasteiger partial charge in [0, 0.05) is 31.8 Å². The number of hydrogen-bond acceptors (Lipinski definition) is 5. The maximum atomic E-state index is 12.5. The molecule has 0 bridgehead atoms. The molecule has 1 amide bonds. The molecule has 154 valence electrons. The van der Waals surface area contributed by atoms with Crippen molar-refractivity contribution in [3.05, 3.63) is 23.8 Å². The number of likely N-dealkylation sites (tertiary alicyclic amines) is 1. The van der Waals surface area contributed by atoms with E-state index in [4.69, 9.17) is 14.2 Å². The molecule has 0 aromatic heterocycles. The summed E-state index contributed by atoms with van der Waals surface area (Å²) in [4.78, 5) is 14.2. The molecule has 1 aromatic carbocycles. The third-order valence-electron chi connectivity index (χ3n) is 6.21. The molecule has 0 saturated carbocycles. The Bertz CT molecular complexity index is 748. The highest BCUT2D eigenvalue weighted by Gasteiger charge is 2.54. The van der Waals surface area contributed by atoms with Crippen molar-refractivity contribution in [3.63, 3.8) is 0 Å². The Hall–Kier alpha value is -1.95. The van der Waals surface area contributed by atoms with Gasteiger partial charge in [-0.25, -0.2) is 4.79 Å². The third-order valence-corrected chi connectivity index (χ3v) is 6.21. The normalized spacial score (nSPS) is 28.9. The van der Waals surface area contributed by atoms with E-state index in [2.05, 4.69) is 6.92 Å². The van der Waals surface area contributed by atoms with Crippen LogP contribution in [0.2, 0.25) is 0 Å². The SMILES string of the molecule is C[C@@H]1CC[C@@H]2[C@@H](O1)c1c(O)cccc1OC21CCN(C(=O)OC(C)(C)C)CC1. The Morgan fingerprint density at radius 3 is 2.64 bits per heavy atom. The molecule has 1 aromatic rings. The number of aromatic hydroxyl groups is 1. The van der Waals surface area contributed by atoms with Crippen molar-refractivity contribution < 1.29 is 24.1 Å². The molecule has 3 aliphatic heterocycles. The Kier molecular flexibility index (Phi) is 4.73. The lowest BCUT2D eigenvalue weighted by Crippen LogP contribution is -2.58. The summed E-state index contributed by atoms with van der Waals surface area (Å²) in [7, 11) is 0. The van der Waals surface area contributed by atoms with Gasteiger partial charge in [0.05, 0.1) is 17.8 Å². The van der Waals surface area contributed by atoms with Crippen LogP contribution in [0, 0.1) is 5.92 Å². The summed E-state index contributed by atoms with van der Waals surface area (Å²) in [5, 5.41) is 10.5. The fraction of sp³-hybridized carbons (Fsp3) is 0.682. The van der Waals surface area contributed by atoms with Crippen molar-refractivity contribution in [2.75, 3.05) is 13.1 Å². The summed E-state index contributed by atoms with van der Waals surface area (Å²) in [6, 6.07) is 5.42. The molecule has 2 fully saturated rings. The van der Waals surface area contributed by atoms with Gasteiger partial charge in [-0.3, -0.25) is 0 Å². The average Bonchev–Trinajstić information content (AvgIpc) is 2.60. The fourth-order valence-corrected chi connectivity index (χ4v) is 4.86. The highest BCUT2D eigenvalue weighted by atomic mass is 16.6. The Balaban J connectivity index is 1.58. The number of benzene rings is 1. The minimum atomic E-state index is -0.498. The van der Waals surface area contributed by atoms with Gasteiger partial charge >= 0.3 is 6.09 Å². The minimum Gasteiger partial charge on any atom is -0.507 e. The third kappa shape index (κ3) is 3.43. The summed E-state index contributed by atoms with van der Waals surface area (Å²) in [6.45, 7) is 8.94. The number of amides is 1. The summed E-state index contributed by atoms with van der Waals surface area (Å²) in [5.74, 6) is 1.12. The zero-order valence-corrected chi connectivity index (χ0v) is 17.2. The second kappa shape index (κ2) is 6.83. The van der Waals surface area contributed by atoms with Gasteiger partial charge in [-0.1, -0.05) is 6.07 Å². The van der Waals surface area contributed by atoms with Crippen molar-refractivity contribution in [1.29, 1.82) is 0 Å². The van der Waals surface area contributed by atoms with E-state index in [-0.39, 0.29) is 35.6 Å². The number of rotatable bonds is 0. The smallest absolute Gasteiger partial charge is 0.410 e. The molecular weight excluding hydrogens is 358 g/mol. The Labute approximate surface area is 166 Å². The van der Waals surface area contributed by atoms with E-state index >= 15 is 0 Å². The molecule has 0 unspecified atom stereocenters. The average molecular weight is 389 g/mol. The number of carbonyl (C=O) groups excluding carboxylic acids is 1. The van der Waals surface area contributed by atoms with Gasteiger partial charge in [0.1, 0.15) is 22.7 Å². The Morgan fingerprint density at radius 1 is 1.25 bits per heavy atom. The second-order valence-corrected chi connectivity index (χ2v) is 9.37. The number of piperidine rings is 1. The lowest BCUT2D eigenvalue weighted by molar-refractivity contribution is -0.169. The van der Waals surface area contributed by atoms with E-state index in [1.807, 2.05) is 32.9 Å².